The number of amides is 1. The lowest BCUT2D eigenvalue weighted by atomic mass is 10.1. The second-order valence-corrected chi connectivity index (χ2v) is 6.72. The van der Waals surface area contributed by atoms with E-state index in [4.69, 9.17) is 11.6 Å². The molecule has 1 aromatic heterocycles. The van der Waals surface area contributed by atoms with Gasteiger partial charge in [-0.05, 0) is 42.7 Å². The highest BCUT2D eigenvalue weighted by atomic mass is 35.5. The lowest BCUT2D eigenvalue weighted by Gasteiger charge is -1.98. The van der Waals surface area contributed by atoms with E-state index in [0.717, 1.165) is 16.1 Å². The van der Waals surface area contributed by atoms with Crippen LogP contribution in [0.15, 0.2) is 34.5 Å². The summed E-state index contributed by atoms with van der Waals surface area (Å²) in [7, 11) is 0. The predicted molar refractivity (Wildman–Crippen MR) is 84.1 cm³/mol. The van der Waals surface area contributed by atoms with Crippen LogP contribution in [0.3, 0.4) is 0 Å². The van der Waals surface area contributed by atoms with E-state index in [9.17, 15) is 4.79 Å². The highest BCUT2D eigenvalue weighted by molar-refractivity contribution is 8.00. The number of nitrogens with one attached hydrogen (secondary N) is 1. The molecule has 0 spiro atoms. The largest absolute Gasteiger partial charge is 0.321 e. The topological polar surface area (TPSA) is 29.1 Å². The van der Waals surface area contributed by atoms with Gasteiger partial charge in [0.25, 0.3) is 5.91 Å². The SMILES string of the molecule is CSc1ccc(C=C2C(=O)Nc3ccc(Cl)cc32)s1. The van der Waals surface area contributed by atoms with Crippen LogP contribution in [0.25, 0.3) is 11.6 Å². The van der Waals surface area contributed by atoms with Crippen LogP contribution in [0.1, 0.15) is 10.4 Å². The predicted octanol–water partition coefficient (Wildman–Crippen LogP) is 4.62. The normalized spacial score (nSPS) is 15.7. The highest BCUT2D eigenvalue weighted by Gasteiger charge is 2.24. The quantitative estimate of drug-likeness (QED) is 0.648. The summed E-state index contributed by atoms with van der Waals surface area (Å²) in [6.07, 6.45) is 3.96. The van der Waals surface area contributed by atoms with Crippen molar-refractivity contribution in [2.75, 3.05) is 11.6 Å². The molecule has 2 aromatic rings. The molecule has 1 aliphatic rings. The third kappa shape index (κ3) is 2.43. The summed E-state index contributed by atoms with van der Waals surface area (Å²) in [5, 5.41) is 3.49. The lowest BCUT2D eigenvalue weighted by Crippen LogP contribution is -2.03. The molecule has 3 rings (SSSR count). The Morgan fingerprint density at radius 2 is 2.16 bits per heavy atom. The summed E-state index contributed by atoms with van der Waals surface area (Å²) in [5.74, 6) is -0.0728. The molecule has 19 heavy (non-hydrogen) atoms. The number of hydrogen-bond acceptors (Lipinski definition) is 3. The van der Waals surface area contributed by atoms with E-state index in [-0.39, 0.29) is 5.91 Å². The third-order valence-corrected chi connectivity index (χ3v) is 5.20. The van der Waals surface area contributed by atoms with Crippen molar-refractivity contribution in [3.63, 3.8) is 0 Å². The molecule has 96 valence electrons. The number of hydrogen-bond donors (Lipinski definition) is 1. The average molecular weight is 308 g/mol. The molecule has 2 heterocycles. The van der Waals surface area contributed by atoms with Gasteiger partial charge in [0.05, 0.1) is 9.78 Å². The maximum atomic E-state index is 12.0. The van der Waals surface area contributed by atoms with Gasteiger partial charge >= 0.3 is 0 Å². The molecule has 1 amide bonds. The number of carbonyl (C=O) groups is 1. The molecular weight excluding hydrogens is 298 g/mol. The zero-order valence-electron chi connectivity index (χ0n) is 10.1. The number of thioether (sulfide) groups is 1. The van der Waals surface area contributed by atoms with Crippen molar-refractivity contribution < 1.29 is 4.79 Å². The van der Waals surface area contributed by atoms with Crippen LogP contribution in [-0.2, 0) is 4.79 Å². The Morgan fingerprint density at radius 1 is 1.32 bits per heavy atom. The first-order chi connectivity index (χ1) is 9.17. The smallest absolute Gasteiger partial charge is 0.256 e. The van der Waals surface area contributed by atoms with Gasteiger partial charge in [-0.15, -0.1) is 23.1 Å². The second kappa shape index (κ2) is 5.04. The van der Waals surface area contributed by atoms with Gasteiger partial charge in [-0.2, -0.15) is 0 Å². The molecule has 1 aliphatic heterocycles. The van der Waals surface area contributed by atoms with E-state index >= 15 is 0 Å². The molecule has 2 nitrogen and oxygen atoms in total. The van der Waals surface area contributed by atoms with Crippen LogP contribution in [-0.4, -0.2) is 12.2 Å². The lowest BCUT2D eigenvalue weighted by molar-refractivity contribution is -0.110. The molecule has 0 aliphatic carbocycles. The maximum Gasteiger partial charge on any atom is 0.256 e. The summed E-state index contributed by atoms with van der Waals surface area (Å²) in [6.45, 7) is 0. The third-order valence-electron chi connectivity index (χ3n) is 2.85. The number of anilines is 1. The van der Waals surface area contributed by atoms with Gasteiger partial charge in [-0.3, -0.25) is 4.79 Å². The number of benzene rings is 1. The van der Waals surface area contributed by atoms with Crippen molar-refractivity contribution in [1.29, 1.82) is 0 Å². The fourth-order valence-corrected chi connectivity index (χ4v) is 3.65. The first kappa shape index (κ1) is 12.8. The van der Waals surface area contributed by atoms with E-state index in [1.807, 2.05) is 30.5 Å². The van der Waals surface area contributed by atoms with Crippen LogP contribution >= 0.6 is 34.7 Å². The monoisotopic (exact) mass is 307 g/mol. The molecule has 5 heteroatoms. The summed E-state index contributed by atoms with van der Waals surface area (Å²) in [4.78, 5) is 13.1. The van der Waals surface area contributed by atoms with E-state index in [1.165, 1.54) is 4.21 Å². The number of rotatable bonds is 2. The molecule has 1 N–H and O–H groups in total. The Balaban J connectivity index is 2.06. The number of thiophene rings is 1. The summed E-state index contributed by atoms with van der Waals surface area (Å²) in [6, 6.07) is 9.52. The van der Waals surface area contributed by atoms with Crippen molar-refractivity contribution in [2.24, 2.45) is 0 Å². The summed E-state index contributed by atoms with van der Waals surface area (Å²) < 4.78 is 1.23. The van der Waals surface area contributed by atoms with Gasteiger partial charge in [-0.1, -0.05) is 11.6 Å². The number of carbonyl (C=O) groups excluding carboxylic acids is 1. The Hall–Kier alpha value is -1.23. The number of halogens is 1. The Morgan fingerprint density at radius 3 is 2.89 bits per heavy atom. The highest BCUT2D eigenvalue weighted by Crippen LogP contribution is 2.36. The van der Waals surface area contributed by atoms with Gasteiger partial charge in [0, 0.05) is 21.2 Å². The minimum Gasteiger partial charge on any atom is -0.321 e. The van der Waals surface area contributed by atoms with E-state index < -0.39 is 0 Å². The van der Waals surface area contributed by atoms with Crippen LogP contribution in [0.4, 0.5) is 5.69 Å². The summed E-state index contributed by atoms with van der Waals surface area (Å²) >= 11 is 9.38. The van der Waals surface area contributed by atoms with Crippen LogP contribution in [0, 0.1) is 0 Å². The van der Waals surface area contributed by atoms with Crippen molar-refractivity contribution >= 4 is 57.9 Å². The molecule has 0 fully saturated rings. The molecule has 0 bridgehead atoms. The van der Waals surface area contributed by atoms with Crippen LogP contribution in [0.2, 0.25) is 5.02 Å². The summed E-state index contributed by atoms with van der Waals surface area (Å²) in [5.41, 5.74) is 2.37. The van der Waals surface area contributed by atoms with Crippen LogP contribution < -0.4 is 5.32 Å². The van der Waals surface area contributed by atoms with Gasteiger partial charge in [0.1, 0.15) is 0 Å². The minimum absolute atomic E-state index is 0.0728. The van der Waals surface area contributed by atoms with Crippen LogP contribution in [0.5, 0.6) is 0 Å². The minimum atomic E-state index is -0.0728. The molecule has 0 unspecified atom stereocenters. The average Bonchev–Trinajstić information content (AvgIpc) is 2.96. The molecule has 0 saturated carbocycles. The molecule has 0 radical (unpaired) electrons. The van der Waals surface area contributed by atoms with Crippen molar-refractivity contribution in [3.8, 4) is 0 Å². The first-order valence-corrected chi connectivity index (χ1v) is 8.06. The fourth-order valence-electron chi connectivity index (χ4n) is 1.97. The zero-order valence-corrected chi connectivity index (χ0v) is 12.5. The van der Waals surface area contributed by atoms with Gasteiger partial charge in [0.2, 0.25) is 0 Å². The van der Waals surface area contributed by atoms with Crippen molar-refractivity contribution in [1.82, 2.24) is 0 Å². The fraction of sp³-hybridized carbons (Fsp3) is 0.0714. The van der Waals surface area contributed by atoms with E-state index in [0.29, 0.717) is 10.6 Å². The van der Waals surface area contributed by atoms with E-state index in [1.54, 1.807) is 29.2 Å². The molecular formula is C14H10ClNOS2. The Labute approximate surface area is 124 Å². The Kier molecular flexibility index (Phi) is 3.39. The van der Waals surface area contributed by atoms with Crippen molar-refractivity contribution in [2.45, 2.75) is 4.21 Å². The molecule has 0 saturated heterocycles. The zero-order chi connectivity index (χ0) is 13.4. The van der Waals surface area contributed by atoms with Crippen molar-refractivity contribution in [3.05, 3.63) is 45.8 Å². The second-order valence-electron chi connectivity index (χ2n) is 4.06. The molecule has 1 aromatic carbocycles. The van der Waals surface area contributed by atoms with Gasteiger partial charge in [-0.25, -0.2) is 0 Å². The molecule has 0 atom stereocenters. The van der Waals surface area contributed by atoms with Gasteiger partial charge < -0.3 is 5.32 Å². The van der Waals surface area contributed by atoms with Gasteiger partial charge in [0.15, 0.2) is 0 Å². The number of fused-ring (bicyclic) bond motifs is 1. The van der Waals surface area contributed by atoms with E-state index in [2.05, 4.69) is 11.4 Å². The standard InChI is InChI=1S/C14H10ClNOS2/c1-18-13-5-3-9(19-13)7-11-10-6-8(15)2-4-12(10)16-14(11)17/h2-7H,1H3,(H,16,17). The maximum absolute atomic E-state index is 12.0. The Bertz CT molecular complexity index is 691. The first-order valence-electron chi connectivity index (χ1n) is 5.64.